The molecule has 1 saturated carbocycles. The number of nitrogens with zero attached hydrogens (tertiary/aromatic N) is 4. The molecule has 1 N–H and O–H groups in total. The third-order valence-electron chi connectivity index (χ3n) is 6.09. The molecule has 25 heavy (non-hydrogen) atoms. The van der Waals surface area contributed by atoms with Gasteiger partial charge in [0, 0.05) is 31.1 Å². The highest BCUT2D eigenvalue weighted by Crippen LogP contribution is 2.57. The molecule has 1 saturated heterocycles. The van der Waals surface area contributed by atoms with E-state index in [1.54, 1.807) is 0 Å². The average Bonchev–Trinajstić information content (AvgIpc) is 3.18. The summed E-state index contributed by atoms with van der Waals surface area (Å²) in [5, 5.41) is 12.2. The fraction of sp³-hybridized carbons (Fsp3) is 0.526. The lowest BCUT2D eigenvalue weighted by Crippen LogP contribution is -2.42. The number of fused-ring (bicyclic) bond motifs is 1. The largest absolute Gasteiger partial charge is 0.333 e. The molecule has 0 bridgehead atoms. The van der Waals surface area contributed by atoms with Gasteiger partial charge in [0.05, 0.1) is 6.54 Å². The molecule has 1 spiro atoms. The third kappa shape index (κ3) is 2.47. The molecule has 2 fully saturated rings. The Kier molecular flexibility index (Phi) is 3.41. The van der Waals surface area contributed by atoms with Crippen molar-refractivity contribution in [1.82, 2.24) is 25.0 Å². The average molecular weight is 337 g/mol. The minimum absolute atomic E-state index is 0.211. The maximum Gasteiger partial charge on any atom is 0.226 e. The fourth-order valence-corrected chi connectivity index (χ4v) is 4.53. The first-order valence-electron chi connectivity index (χ1n) is 9.24. The fourth-order valence-electron chi connectivity index (χ4n) is 4.53. The predicted molar refractivity (Wildman–Crippen MR) is 93.5 cm³/mol. The minimum Gasteiger partial charge on any atom is -0.333 e. The highest BCUT2D eigenvalue weighted by Gasteiger charge is 2.58. The molecule has 5 rings (SSSR count). The highest BCUT2D eigenvalue weighted by atomic mass is 16.2. The standard InChI is InChI=1S/C19H23N5O/c25-18(15-11-19(15)7-4-8-20-13-19)23-9-10-24-16(12-23)21-22-17(24)14-5-2-1-3-6-14/h1-3,5-6,15,20H,4,7-13H2. The number of carbonyl (C=O) groups excluding carboxylic acids is 1. The molecule has 6 nitrogen and oxygen atoms in total. The van der Waals surface area contributed by atoms with Gasteiger partial charge in [-0.25, -0.2) is 0 Å². The topological polar surface area (TPSA) is 63.1 Å². The van der Waals surface area contributed by atoms with Crippen LogP contribution in [0.25, 0.3) is 11.4 Å². The molecule has 130 valence electrons. The normalized spacial score (nSPS) is 28.0. The van der Waals surface area contributed by atoms with Gasteiger partial charge in [0.1, 0.15) is 0 Å². The highest BCUT2D eigenvalue weighted by molar-refractivity contribution is 5.83. The summed E-state index contributed by atoms with van der Waals surface area (Å²) in [4.78, 5) is 15.0. The van der Waals surface area contributed by atoms with E-state index in [0.29, 0.717) is 12.5 Å². The second kappa shape index (κ2) is 5.66. The number of rotatable bonds is 2. The van der Waals surface area contributed by atoms with Gasteiger partial charge in [0.25, 0.3) is 0 Å². The van der Waals surface area contributed by atoms with Crippen LogP contribution in [-0.2, 0) is 17.9 Å². The predicted octanol–water partition coefficient (Wildman–Crippen LogP) is 1.68. The van der Waals surface area contributed by atoms with Gasteiger partial charge >= 0.3 is 0 Å². The van der Waals surface area contributed by atoms with Crippen molar-refractivity contribution in [3.05, 3.63) is 36.2 Å². The number of hydrogen-bond donors (Lipinski definition) is 1. The van der Waals surface area contributed by atoms with Gasteiger partial charge < -0.3 is 14.8 Å². The summed E-state index contributed by atoms with van der Waals surface area (Å²) in [5.41, 5.74) is 1.32. The molecule has 3 heterocycles. The van der Waals surface area contributed by atoms with E-state index in [1.807, 2.05) is 23.1 Å². The van der Waals surface area contributed by atoms with Crippen molar-refractivity contribution in [3.8, 4) is 11.4 Å². The number of aromatic nitrogens is 3. The number of hydrogen-bond acceptors (Lipinski definition) is 4. The molecule has 2 atom stereocenters. The van der Waals surface area contributed by atoms with E-state index in [9.17, 15) is 4.79 Å². The number of piperidine rings is 1. The van der Waals surface area contributed by atoms with Crippen LogP contribution in [0, 0.1) is 11.3 Å². The Morgan fingerprint density at radius 1 is 1.20 bits per heavy atom. The summed E-state index contributed by atoms with van der Waals surface area (Å²) in [7, 11) is 0. The Hall–Kier alpha value is -2.21. The lowest BCUT2D eigenvalue weighted by atomic mass is 9.93. The van der Waals surface area contributed by atoms with Crippen molar-refractivity contribution < 1.29 is 4.79 Å². The molecule has 2 aromatic rings. The zero-order valence-corrected chi connectivity index (χ0v) is 14.3. The molecule has 1 aromatic carbocycles. The van der Waals surface area contributed by atoms with Crippen molar-refractivity contribution in [2.24, 2.45) is 11.3 Å². The number of amides is 1. The number of benzene rings is 1. The molecule has 1 amide bonds. The van der Waals surface area contributed by atoms with Crippen molar-refractivity contribution in [2.45, 2.75) is 32.4 Å². The van der Waals surface area contributed by atoms with Crippen molar-refractivity contribution in [2.75, 3.05) is 19.6 Å². The Morgan fingerprint density at radius 3 is 2.88 bits per heavy atom. The quantitative estimate of drug-likeness (QED) is 0.906. The van der Waals surface area contributed by atoms with Gasteiger partial charge in [-0.05, 0) is 31.2 Å². The van der Waals surface area contributed by atoms with Crippen molar-refractivity contribution in [1.29, 1.82) is 0 Å². The first kappa shape index (κ1) is 15.1. The zero-order chi connectivity index (χ0) is 16.9. The van der Waals surface area contributed by atoms with Gasteiger partial charge in [-0.15, -0.1) is 10.2 Å². The van der Waals surface area contributed by atoms with Crippen LogP contribution in [0.5, 0.6) is 0 Å². The molecule has 1 aliphatic carbocycles. The zero-order valence-electron chi connectivity index (χ0n) is 14.3. The van der Waals surface area contributed by atoms with Crippen LogP contribution >= 0.6 is 0 Å². The molecule has 1 aromatic heterocycles. The molecule has 3 aliphatic rings. The van der Waals surface area contributed by atoms with E-state index in [-0.39, 0.29) is 11.3 Å². The van der Waals surface area contributed by atoms with Gasteiger partial charge in [0.2, 0.25) is 5.91 Å². The summed E-state index contributed by atoms with van der Waals surface area (Å²) in [6.45, 7) is 4.21. The Morgan fingerprint density at radius 2 is 2.08 bits per heavy atom. The Labute approximate surface area is 147 Å². The van der Waals surface area contributed by atoms with Crippen LogP contribution in [0.1, 0.15) is 25.1 Å². The van der Waals surface area contributed by atoms with Crippen LogP contribution < -0.4 is 5.32 Å². The van der Waals surface area contributed by atoms with Gasteiger partial charge in [-0.2, -0.15) is 0 Å². The van der Waals surface area contributed by atoms with Gasteiger partial charge in [-0.3, -0.25) is 4.79 Å². The monoisotopic (exact) mass is 337 g/mol. The maximum atomic E-state index is 13.0. The van der Waals surface area contributed by atoms with E-state index in [0.717, 1.165) is 49.8 Å². The van der Waals surface area contributed by atoms with Crippen molar-refractivity contribution in [3.63, 3.8) is 0 Å². The second-order valence-electron chi connectivity index (χ2n) is 7.62. The summed E-state index contributed by atoms with van der Waals surface area (Å²) in [6.07, 6.45) is 3.44. The summed E-state index contributed by atoms with van der Waals surface area (Å²) < 4.78 is 2.16. The van der Waals surface area contributed by atoms with Crippen LogP contribution in [0.2, 0.25) is 0 Å². The number of carbonyl (C=O) groups is 1. The molecule has 2 unspecified atom stereocenters. The van der Waals surface area contributed by atoms with E-state index in [1.165, 1.54) is 12.8 Å². The van der Waals surface area contributed by atoms with Crippen LogP contribution in [-0.4, -0.2) is 45.2 Å². The summed E-state index contributed by atoms with van der Waals surface area (Å²) in [5.74, 6) is 2.33. The lowest BCUT2D eigenvalue weighted by Gasteiger charge is -2.30. The molecular formula is C19H23N5O. The van der Waals surface area contributed by atoms with E-state index in [2.05, 4.69) is 32.2 Å². The van der Waals surface area contributed by atoms with Gasteiger partial charge in [-0.1, -0.05) is 30.3 Å². The van der Waals surface area contributed by atoms with Crippen LogP contribution in [0.3, 0.4) is 0 Å². The maximum absolute atomic E-state index is 13.0. The van der Waals surface area contributed by atoms with Crippen molar-refractivity contribution >= 4 is 5.91 Å². The third-order valence-corrected chi connectivity index (χ3v) is 6.09. The van der Waals surface area contributed by atoms with Crippen LogP contribution in [0.15, 0.2) is 30.3 Å². The first-order valence-corrected chi connectivity index (χ1v) is 9.24. The first-order chi connectivity index (χ1) is 12.3. The lowest BCUT2D eigenvalue weighted by molar-refractivity contribution is -0.135. The van der Waals surface area contributed by atoms with E-state index < -0.39 is 0 Å². The summed E-state index contributed by atoms with van der Waals surface area (Å²) >= 11 is 0. The Balaban J connectivity index is 1.32. The molecule has 6 heteroatoms. The second-order valence-corrected chi connectivity index (χ2v) is 7.62. The Bertz CT molecular complexity index is 793. The van der Waals surface area contributed by atoms with E-state index in [4.69, 9.17) is 0 Å². The molecule has 0 radical (unpaired) electrons. The molecule has 2 aliphatic heterocycles. The SMILES string of the molecule is O=C(C1CC12CCCNC2)N1CCn2c(nnc2-c2ccccc2)C1. The van der Waals surface area contributed by atoms with Gasteiger partial charge in [0.15, 0.2) is 11.6 Å². The van der Waals surface area contributed by atoms with Crippen LogP contribution in [0.4, 0.5) is 0 Å². The van der Waals surface area contributed by atoms with E-state index >= 15 is 0 Å². The molecular weight excluding hydrogens is 314 g/mol. The minimum atomic E-state index is 0.211. The summed E-state index contributed by atoms with van der Waals surface area (Å²) in [6, 6.07) is 10.1. The number of nitrogens with one attached hydrogen (secondary N) is 1. The smallest absolute Gasteiger partial charge is 0.226 e.